The molecular weight excluding hydrogens is 226 g/mol. The number of fused-ring (bicyclic) bond motifs is 1. The summed E-state index contributed by atoms with van der Waals surface area (Å²) in [5, 5.41) is 0. The van der Waals surface area contributed by atoms with Crippen LogP contribution in [-0.2, 0) is 0 Å². The lowest BCUT2D eigenvalue weighted by Crippen LogP contribution is -2.27. The second-order valence-electron chi connectivity index (χ2n) is 3.49. The molecule has 0 N–H and O–H groups in total. The average Bonchev–Trinajstić information content (AvgIpc) is 2.53. The number of carbonyl (C=O) groups is 2. The van der Waals surface area contributed by atoms with Gasteiger partial charge in [-0.2, -0.15) is 0 Å². The number of carbonyl (C=O) groups excluding carboxylic acids is 2. The van der Waals surface area contributed by atoms with Gasteiger partial charge < -0.3 is 0 Å². The standard InChI is InChI=1S/C12H10ClNO2/c1-8(6-7-13)14-11(15)9-4-2-3-5-10(9)12(14)16/h2-6H,7H2,1H3. The van der Waals surface area contributed by atoms with Gasteiger partial charge >= 0.3 is 0 Å². The predicted molar refractivity (Wildman–Crippen MR) is 61.4 cm³/mol. The summed E-state index contributed by atoms with van der Waals surface area (Å²) in [6.45, 7) is 1.70. The molecule has 0 aliphatic carbocycles. The summed E-state index contributed by atoms with van der Waals surface area (Å²) >= 11 is 5.56. The third-order valence-corrected chi connectivity index (χ3v) is 2.67. The fourth-order valence-electron chi connectivity index (χ4n) is 1.71. The van der Waals surface area contributed by atoms with Gasteiger partial charge in [-0.05, 0) is 25.1 Å². The maximum Gasteiger partial charge on any atom is 0.265 e. The number of imide groups is 1. The molecule has 0 saturated carbocycles. The van der Waals surface area contributed by atoms with Crippen LogP contribution < -0.4 is 0 Å². The van der Waals surface area contributed by atoms with Crippen LogP contribution in [0.3, 0.4) is 0 Å². The first-order valence-electron chi connectivity index (χ1n) is 4.87. The summed E-state index contributed by atoms with van der Waals surface area (Å²) in [7, 11) is 0. The van der Waals surface area contributed by atoms with E-state index < -0.39 is 0 Å². The Bertz CT molecular complexity index is 459. The first-order chi connectivity index (χ1) is 7.66. The summed E-state index contributed by atoms with van der Waals surface area (Å²) in [6, 6.07) is 6.80. The minimum atomic E-state index is -0.278. The molecule has 0 saturated heterocycles. The van der Waals surface area contributed by atoms with Crippen molar-refractivity contribution in [1.29, 1.82) is 0 Å². The highest BCUT2D eigenvalue weighted by molar-refractivity contribution is 6.22. The van der Waals surface area contributed by atoms with Crippen LogP contribution in [0, 0.1) is 0 Å². The number of amides is 2. The summed E-state index contributed by atoms with van der Waals surface area (Å²) in [4.78, 5) is 25.0. The molecule has 2 rings (SSSR count). The lowest BCUT2D eigenvalue weighted by atomic mass is 10.1. The Hall–Kier alpha value is -1.61. The van der Waals surface area contributed by atoms with Crippen molar-refractivity contribution in [3.63, 3.8) is 0 Å². The van der Waals surface area contributed by atoms with Crippen molar-refractivity contribution in [2.45, 2.75) is 6.92 Å². The molecule has 0 bridgehead atoms. The molecule has 1 aromatic rings. The topological polar surface area (TPSA) is 37.4 Å². The van der Waals surface area contributed by atoms with Crippen molar-refractivity contribution < 1.29 is 9.59 Å². The molecule has 0 radical (unpaired) electrons. The van der Waals surface area contributed by atoms with Gasteiger partial charge in [0.05, 0.1) is 11.1 Å². The largest absolute Gasteiger partial charge is 0.268 e. The number of halogens is 1. The Morgan fingerprint density at radius 1 is 1.25 bits per heavy atom. The Labute approximate surface area is 98.3 Å². The summed E-state index contributed by atoms with van der Waals surface area (Å²) < 4.78 is 0. The van der Waals surface area contributed by atoms with Gasteiger partial charge in [-0.25, -0.2) is 4.90 Å². The number of hydrogen-bond acceptors (Lipinski definition) is 2. The summed E-state index contributed by atoms with van der Waals surface area (Å²) in [5.74, 6) is -0.280. The van der Waals surface area contributed by atoms with Gasteiger partial charge in [0, 0.05) is 11.6 Å². The Morgan fingerprint density at radius 3 is 2.19 bits per heavy atom. The van der Waals surface area contributed by atoms with Gasteiger partial charge in [0.2, 0.25) is 0 Å². The first-order valence-corrected chi connectivity index (χ1v) is 5.41. The normalized spacial score (nSPS) is 15.6. The van der Waals surface area contributed by atoms with Crippen molar-refractivity contribution in [2.75, 3.05) is 5.88 Å². The Kier molecular flexibility index (Phi) is 2.79. The molecule has 1 aromatic carbocycles. The maximum atomic E-state index is 11.9. The zero-order valence-corrected chi connectivity index (χ0v) is 9.49. The number of nitrogens with zero attached hydrogens (tertiary/aromatic N) is 1. The van der Waals surface area contributed by atoms with E-state index in [1.807, 2.05) is 0 Å². The van der Waals surface area contributed by atoms with Gasteiger partial charge in [-0.1, -0.05) is 12.1 Å². The van der Waals surface area contributed by atoms with Crippen molar-refractivity contribution in [3.05, 3.63) is 47.2 Å². The van der Waals surface area contributed by atoms with E-state index >= 15 is 0 Å². The predicted octanol–water partition coefficient (Wildman–Crippen LogP) is 2.43. The Morgan fingerprint density at radius 2 is 1.75 bits per heavy atom. The minimum Gasteiger partial charge on any atom is -0.268 e. The number of benzene rings is 1. The van der Waals surface area contributed by atoms with Gasteiger partial charge in [-0.3, -0.25) is 9.59 Å². The smallest absolute Gasteiger partial charge is 0.265 e. The molecular formula is C12H10ClNO2. The van der Waals surface area contributed by atoms with Gasteiger partial charge in [0.1, 0.15) is 0 Å². The van der Waals surface area contributed by atoms with Crippen LogP contribution in [-0.4, -0.2) is 22.6 Å². The van der Waals surface area contributed by atoms with Crippen LogP contribution in [0.4, 0.5) is 0 Å². The van der Waals surface area contributed by atoms with E-state index in [2.05, 4.69) is 0 Å². The highest BCUT2D eigenvalue weighted by Gasteiger charge is 2.35. The molecule has 0 aromatic heterocycles. The van der Waals surface area contributed by atoms with Crippen molar-refractivity contribution in [1.82, 2.24) is 4.90 Å². The molecule has 0 atom stereocenters. The van der Waals surface area contributed by atoms with Crippen LogP contribution in [0.5, 0.6) is 0 Å². The monoisotopic (exact) mass is 235 g/mol. The molecule has 1 heterocycles. The number of hydrogen-bond donors (Lipinski definition) is 0. The van der Waals surface area contributed by atoms with Gasteiger partial charge in [-0.15, -0.1) is 11.6 Å². The summed E-state index contributed by atoms with van der Waals surface area (Å²) in [5.41, 5.74) is 1.48. The van der Waals surface area contributed by atoms with Crippen LogP contribution in [0.1, 0.15) is 27.6 Å². The van der Waals surface area contributed by atoms with Crippen LogP contribution in [0.2, 0.25) is 0 Å². The van der Waals surface area contributed by atoms with Crippen molar-refractivity contribution in [3.8, 4) is 0 Å². The maximum absolute atomic E-state index is 11.9. The van der Waals surface area contributed by atoms with Gasteiger partial charge in [0.15, 0.2) is 0 Å². The lowest BCUT2D eigenvalue weighted by Gasteiger charge is -2.13. The summed E-state index contributed by atoms with van der Waals surface area (Å²) in [6.07, 6.45) is 1.64. The van der Waals surface area contributed by atoms with E-state index in [-0.39, 0.29) is 17.7 Å². The molecule has 1 aliphatic rings. The van der Waals surface area contributed by atoms with Crippen LogP contribution >= 0.6 is 11.6 Å². The minimum absolute atomic E-state index is 0.277. The third kappa shape index (κ3) is 1.53. The number of alkyl halides is 1. The van der Waals surface area contributed by atoms with E-state index in [0.717, 1.165) is 4.90 Å². The molecule has 3 nitrogen and oxygen atoms in total. The lowest BCUT2D eigenvalue weighted by molar-refractivity contribution is 0.0704. The van der Waals surface area contributed by atoms with E-state index in [1.165, 1.54) is 0 Å². The molecule has 2 amide bonds. The molecule has 16 heavy (non-hydrogen) atoms. The number of allylic oxidation sites excluding steroid dienone is 2. The van der Waals surface area contributed by atoms with Gasteiger partial charge in [0.25, 0.3) is 11.8 Å². The highest BCUT2D eigenvalue weighted by atomic mass is 35.5. The third-order valence-electron chi connectivity index (χ3n) is 2.52. The second-order valence-corrected chi connectivity index (χ2v) is 3.80. The molecule has 0 unspecified atom stereocenters. The first kappa shape index (κ1) is 10.9. The molecule has 0 fully saturated rings. The molecule has 0 spiro atoms. The SMILES string of the molecule is CC(=CCCl)N1C(=O)c2ccccc2C1=O. The van der Waals surface area contributed by atoms with Crippen molar-refractivity contribution >= 4 is 23.4 Å². The van der Waals surface area contributed by atoms with E-state index in [0.29, 0.717) is 16.8 Å². The number of rotatable bonds is 2. The highest BCUT2D eigenvalue weighted by Crippen LogP contribution is 2.25. The zero-order chi connectivity index (χ0) is 11.7. The van der Waals surface area contributed by atoms with Crippen molar-refractivity contribution in [2.24, 2.45) is 0 Å². The van der Waals surface area contributed by atoms with E-state index in [1.54, 1.807) is 37.3 Å². The fraction of sp³-hybridized carbons (Fsp3) is 0.167. The average molecular weight is 236 g/mol. The molecule has 1 aliphatic heterocycles. The second kappa shape index (κ2) is 4.10. The molecule has 82 valence electrons. The molecule has 4 heteroatoms. The quantitative estimate of drug-likeness (QED) is 0.583. The van der Waals surface area contributed by atoms with E-state index in [4.69, 9.17) is 11.6 Å². The Balaban J connectivity index is 2.47. The van der Waals surface area contributed by atoms with Crippen LogP contribution in [0.25, 0.3) is 0 Å². The van der Waals surface area contributed by atoms with Crippen LogP contribution in [0.15, 0.2) is 36.0 Å². The van der Waals surface area contributed by atoms with E-state index in [9.17, 15) is 9.59 Å². The fourth-order valence-corrected chi connectivity index (χ4v) is 1.94. The zero-order valence-electron chi connectivity index (χ0n) is 8.74.